The molecule has 0 bridgehead atoms. The second-order valence-corrected chi connectivity index (χ2v) is 12.8. The van der Waals surface area contributed by atoms with E-state index in [2.05, 4.69) is 26.2 Å². The van der Waals surface area contributed by atoms with Crippen LogP contribution in [0.5, 0.6) is 11.5 Å². The molecule has 4 aromatic rings. The van der Waals surface area contributed by atoms with Gasteiger partial charge in [-0.05, 0) is 66.7 Å². The van der Waals surface area contributed by atoms with Gasteiger partial charge < -0.3 is 20.1 Å². The number of phenols is 1. The molecule has 0 aliphatic carbocycles. The molecular weight excluding hydrogens is 654 g/mol. The van der Waals surface area contributed by atoms with Crippen LogP contribution in [-0.4, -0.2) is 39.7 Å². The molecule has 3 atom stereocenters. The molecule has 0 saturated carbocycles. The maximum absolute atomic E-state index is 14.0. The van der Waals surface area contributed by atoms with Crippen molar-refractivity contribution in [3.05, 3.63) is 96.3 Å². The first-order valence-electron chi connectivity index (χ1n) is 12.2. The standard InChI is InChI=1S/C28H19BrClN3O6S2/c29-13-1-6-16(7-2-13)33-26(36)22-21(23-25(32-28(38)41-23)40-24(22)27(33)37)18-11-14(30)3-10-19(18)39-12-20(35)31-15-4-8-17(34)9-5-15/h1-11,21-22,24,34H,12H2,(H,31,35)(H,32,38)/t21-,22?,24?/m1/s1. The number of carbonyl (C=O) groups is 3. The van der Waals surface area contributed by atoms with Crippen LogP contribution in [0.3, 0.4) is 0 Å². The SMILES string of the molecule is O=C(COc1ccc(Cl)cc1[C@H]1c2sc(=O)[nH]c2SC2C(=O)N(c3ccc(Br)cc3)C(=O)C21)Nc1ccc(O)cc1. The van der Waals surface area contributed by atoms with Crippen molar-refractivity contribution in [2.75, 3.05) is 16.8 Å². The van der Waals surface area contributed by atoms with Crippen molar-refractivity contribution in [1.29, 1.82) is 0 Å². The normalized spacial score (nSPS) is 19.6. The van der Waals surface area contributed by atoms with Crippen LogP contribution in [-0.2, 0) is 14.4 Å². The molecular formula is C28H19BrClN3O6S2. The first-order chi connectivity index (χ1) is 19.7. The summed E-state index contributed by atoms with van der Waals surface area (Å²) >= 11 is 11.9. The Balaban J connectivity index is 1.36. The summed E-state index contributed by atoms with van der Waals surface area (Å²) in [4.78, 5) is 57.0. The zero-order valence-corrected chi connectivity index (χ0v) is 24.8. The van der Waals surface area contributed by atoms with E-state index in [4.69, 9.17) is 16.3 Å². The topological polar surface area (TPSA) is 129 Å². The molecule has 3 heterocycles. The number of benzene rings is 3. The number of hydrogen-bond acceptors (Lipinski definition) is 8. The summed E-state index contributed by atoms with van der Waals surface area (Å²) in [6, 6.07) is 17.7. The third-order valence-electron chi connectivity index (χ3n) is 6.73. The minimum atomic E-state index is -0.846. The zero-order chi connectivity index (χ0) is 28.8. The molecule has 3 N–H and O–H groups in total. The van der Waals surface area contributed by atoms with Crippen LogP contribution < -0.4 is 19.8 Å². The lowest BCUT2D eigenvalue weighted by molar-refractivity contribution is -0.122. The Morgan fingerprint density at radius 2 is 1.78 bits per heavy atom. The largest absolute Gasteiger partial charge is 0.508 e. The molecule has 2 aliphatic rings. The molecule has 3 amide bonds. The number of halogens is 2. The van der Waals surface area contributed by atoms with Crippen molar-refractivity contribution < 1.29 is 24.2 Å². The molecule has 13 heteroatoms. The number of amides is 3. The van der Waals surface area contributed by atoms with Gasteiger partial charge in [0, 0.05) is 31.5 Å². The van der Waals surface area contributed by atoms with Crippen molar-refractivity contribution in [2.45, 2.75) is 16.2 Å². The number of aromatic amines is 1. The van der Waals surface area contributed by atoms with Crippen molar-refractivity contribution >= 4 is 79.7 Å². The zero-order valence-electron chi connectivity index (χ0n) is 20.8. The lowest BCUT2D eigenvalue weighted by Crippen LogP contribution is -2.32. The summed E-state index contributed by atoms with van der Waals surface area (Å²) in [7, 11) is 0. The predicted octanol–water partition coefficient (Wildman–Crippen LogP) is 5.37. The lowest BCUT2D eigenvalue weighted by Gasteiger charge is -2.31. The van der Waals surface area contributed by atoms with Gasteiger partial charge in [-0.2, -0.15) is 0 Å². The van der Waals surface area contributed by atoms with E-state index in [0.29, 0.717) is 37.6 Å². The molecule has 0 spiro atoms. The van der Waals surface area contributed by atoms with Gasteiger partial charge >= 0.3 is 4.87 Å². The monoisotopic (exact) mass is 671 g/mol. The fraction of sp³-hybridized carbons (Fsp3) is 0.143. The highest BCUT2D eigenvalue weighted by Gasteiger charge is 2.56. The van der Waals surface area contributed by atoms with E-state index in [1.165, 1.54) is 28.8 Å². The first-order valence-corrected chi connectivity index (χ1v) is 15.1. The number of anilines is 2. The van der Waals surface area contributed by atoms with Crippen LogP contribution in [0.4, 0.5) is 11.4 Å². The Bertz CT molecular complexity index is 1740. The van der Waals surface area contributed by atoms with E-state index >= 15 is 0 Å². The Morgan fingerprint density at radius 3 is 2.51 bits per heavy atom. The molecule has 1 aromatic heterocycles. The van der Waals surface area contributed by atoms with Gasteiger partial charge in [0.1, 0.15) is 16.7 Å². The molecule has 9 nitrogen and oxygen atoms in total. The number of nitrogens with zero attached hydrogens (tertiary/aromatic N) is 1. The molecule has 2 aliphatic heterocycles. The quantitative estimate of drug-likeness (QED) is 0.186. The Morgan fingerprint density at radius 1 is 1.05 bits per heavy atom. The predicted molar refractivity (Wildman–Crippen MR) is 160 cm³/mol. The van der Waals surface area contributed by atoms with Crippen molar-refractivity contribution in [3.8, 4) is 11.5 Å². The van der Waals surface area contributed by atoms with Crippen LogP contribution in [0.25, 0.3) is 0 Å². The number of aromatic nitrogens is 1. The number of nitrogens with one attached hydrogen (secondary N) is 2. The summed E-state index contributed by atoms with van der Waals surface area (Å²) in [6.45, 7) is -0.362. The molecule has 208 valence electrons. The van der Waals surface area contributed by atoms with E-state index in [0.717, 1.165) is 15.8 Å². The molecule has 1 saturated heterocycles. The summed E-state index contributed by atoms with van der Waals surface area (Å²) in [5.74, 6) is -2.45. The first kappa shape index (κ1) is 27.6. The van der Waals surface area contributed by atoms with Gasteiger partial charge in [-0.25, -0.2) is 4.90 Å². The third kappa shape index (κ3) is 5.28. The van der Waals surface area contributed by atoms with Gasteiger partial charge in [-0.1, -0.05) is 50.6 Å². The van der Waals surface area contributed by atoms with Gasteiger partial charge in [0.05, 0.1) is 16.6 Å². The number of aromatic hydroxyl groups is 1. The number of H-pyrrole nitrogens is 1. The molecule has 0 radical (unpaired) electrons. The lowest BCUT2D eigenvalue weighted by atomic mass is 9.82. The molecule has 2 unspecified atom stereocenters. The summed E-state index contributed by atoms with van der Waals surface area (Å²) in [6.07, 6.45) is 0. The summed E-state index contributed by atoms with van der Waals surface area (Å²) in [5.41, 5.74) is 1.41. The van der Waals surface area contributed by atoms with Gasteiger partial charge in [0.15, 0.2) is 6.61 Å². The van der Waals surface area contributed by atoms with E-state index in [9.17, 15) is 24.3 Å². The molecule has 1 fully saturated rings. The summed E-state index contributed by atoms with van der Waals surface area (Å²) in [5, 5.41) is 12.2. The number of carbonyl (C=O) groups excluding carboxylic acids is 3. The molecule has 6 rings (SSSR count). The van der Waals surface area contributed by atoms with Gasteiger partial charge in [-0.15, -0.1) is 0 Å². The number of phenolic OH excluding ortho intramolecular Hbond substituents is 1. The second-order valence-electron chi connectivity index (χ2n) is 9.30. The molecule has 41 heavy (non-hydrogen) atoms. The van der Waals surface area contributed by atoms with Crippen LogP contribution in [0, 0.1) is 5.92 Å². The minimum Gasteiger partial charge on any atom is -0.508 e. The second kappa shape index (κ2) is 11.0. The Hall–Kier alpha value is -3.58. The number of rotatable bonds is 6. The highest BCUT2D eigenvalue weighted by Crippen LogP contribution is 2.54. The number of fused-ring (bicyclic) bond motifs is 2. The van der Waals surface area contributed by atoms with Gasteiger partial charge in [0.25, 0.3) is 5.91 Å². The highest BCUT2D eigenvalue weighted by atomic mass is 79.9. The smallest absolute Gasteiger partial charge is 0.305 e. The Labute approximate surface area is 254 Å². The van der Waals surface area contributed by atoms with Gasteiger partial charge in [0.2, 0.25) is 11.8 Å². The van der Waals surface area contributed by atoms with Crippen molar-refractivity contribution in [1.82, 2.24) is 4.98 Å². The van der Waals surface area contributed by atoms with E-state index in [-0.39, 0.29) is 23.1 Å². The number of hydrogen-bond donors (Lipinski definition) is 3. The summed E-state index contributed by atoms with van der Waals surface area (Å²) < 4.78 is 6.74. The van der Waals surface area contributed by atoms with Crippen LogP contribution in [0.15, 0.2) is 81.0 Å². The maximum atomic E-state index is 14.0. The maximum Gasteiger partial charge on any atom is 0.305 e. The van der Waals surface area contributed by atoms with Gasteiger partial charge in [-0.3, -0.25) is 19.2 Å². The van der Waals surface area contributed by atoms with E-state index in [1.54, 1.807) is 54.6 Å². The minimum absolute atomic E-state index is 0.0686. The number of imide groups is 1. The third-order valence-corrected chi connectivity index (χ3v) is 9.89. The highest BCUT2D eigenvalue weighted by molar-refractivity contribution is 9.10. The van der Waals surface area contributed by atoms with Crippen LogP contribution in [0.1, 0.15) is 16.4 Å². The fourth-order valence-corrected chi connectivity index (χ4v) is 7.93. The fourth-order valence-electron chi connectivity index (χ4n) is 4.98. The molecule has 3 aromatic carbocycles. The van der Waals surface area contributed by atoms with Crippen molar-refractivity contribution in [2.24, 2.45) is 5.92 Å². The van der Waals surface area contributed by atoms with Crippen molar-refractivity contribution in [3.63, 3.8) is 0 Å². The van der Waals surface area contributed by atoms with E-state index < -0.39 is 28.9 Å². The Kier molecular flexibility index (Phi) is 7.41. The van der Waals surface area contributed by atoms with Crippen LogP contribution >= 0.6 is 50.6 Å². The average Bonchev–Trinajstić information content (AvgIpc) is 3.44. The number of thioether (sulfide) groups is 1. The number of ether oxygens (including phenoxy) is 1. The average molecular weight is 673 g/mol. The number of thiazole rings is 1. The van der Waals surface area contributed by atoms with E-state index in [1.807, 2.05) is 0 Å². The van der Waals surface area contributed by atoms with Crippen LogP contribution in [0.2, 0.25) is 5.02 Å².